The van der Waals surface area contributed by atoms with Crippen LogP contribution in [0.15, 0.2) is 42.6 Å². The Bertz CT molecular complexity index is 704. The van der Waals surface area contributed by atoms with Crippen molar-refractivity contribution in [2.45, 2.75) is 0 Å². The third-order valence-electron chi connectivity index (χ3n) is 2.96. The first kappa shape index (κ1) is 10.7. The molecule has 90 valence electrons. The first-order valence-corrected chi connectivity index (χ1v) is 5.59. The molecule has 2 aromatic carbocycles. The molecule has 0 unspecified atom stereocenters. The summed E-state index contributed by atoms with van der Waals surface area (Å²) in [5, 5.41) is 17.9. The molecular weight excluding hydrogens is 228 g/mol. The maximum atomic E-state index is 10.1. The maximum Gasteiger partial charge on any atom is 0.124 e. The number of aromatic nitrogens is 2. The molecule has 0 atom stereocenters. The number of benzene rings is 2. The van der Waals surface area contributed by atoms with E-state index in [0.717, 1.165) is 27.8 Å². The summed E-state index contributed by atoms with van der Waals surface area (Å²) >= 11 is 0. The highest BCUT2D eigenvalue weighted by molar-refractivity contribution is 5.97. The Labute approximate surface area is 104 Å². The second-order valence-corrected chi connectivity index (χ2v) is 4.02. The molecule has 1 aromatic heterocycles. The van der Waals surface area contributed by atoms with Gasteiger partial charge in [-0.05, 0) is 29.8 Å². The Morgan fingerprint density at radius 3 is 2.94 bits per heavy atom. The minimum absolute atomic E-state index is 0.233. The number of aromatic amines is 1. The number of phenolic OH excluding ortho intramolecular Hbond substituents is 1. The molecule has 4 nitrogen and oxygen atoms in total. The number of ether oxygens (including phenoxy) is 1. The first-order chi connectivity index (χ1) is 8.79. The van der Waals surface area contributed by atoms with Gasteiger partial charge in [-0.15, -0.1) is 0 Å². The lowest BCUT2D eigenvalue weighted by Gasteiger charge is -2.08. The monoisotopic (exact) mass is 240 g/mol. The van der Waals surface area contributed by atoms with Crippen LogP contribution >= 0.6 is 0 Å². The minimum Gasteiger partial charge on any atom is -0.507 e. The van der Waals surface area contributed by atoms with Gasteiger partial charge in [-0.2, -0.15) is 5.10 Å². The second kappa shape index (κ2) is 4.07. The van der Waals surface area contributed by atoms with Crippen LogP contribution in [0.5, 0.6) is 11.5 Å². The number of fused-ring (bicyclic) bond motifs is 1. The first-order valence-electron chi connectivity index (χ1n) is 5.59. The summed E-state index contributed by atoms with van der Waals surface area (Å²) in [6.07, 6.45) is 1.71. The van der Waals surface area contributed by atoms with E-state index < -0.39 is 0 Å². The normalized spacial score (nSPS) is 10.7. The lowest BCUT2D eigenvalue weighted by atomic mass is 10.0. The molecule has 4 heteroatoms. The quantitative estimate of drug-likeness (QED) is 0.724. The SMILES string of the molecule is COc1cccc(-c2c(O)ccc3[nH]ncc23)c1. The van der Waals surface area contributed by atoms with Crippen molar-refractivity contribution < 1.29 is 9.84 Å². The Kier molecular flexibility index (Phi) is 2.41. The number of hydrogen-bond acceptors (Lipinski definition) is 3. The Hall–Kier alpha value is -2.49. The average molecular weight is 240 g/mol. The van der Waals surface area contributed by atoms with Crippen LogP contribution in [0.3, 0.4) is 0 Å². The predicted molar refractivity (Wildman–Crippen MR) is 69.7 cm³/mol. The lowest BCUT2D eigenvalue weighted by Crippen LogP contribution is -1.85. The standard InChI is InChI=1S/C14H12N2O2/c1-18-10-4-2-3-9(7-10)14-11-8-15-16-12(11)5-6-13(14)17/h2-8,17H,1H3,(H,15,16). The highest BCUT2D eigenvalue weighted by Crippen LogP contribution is 2.36. The molecule has 0 aliphatic heterocycles. The van der Waals surface area contributed by atoms with E-state index in [4.69, 9.17) is 4.74 Å². The van der Waals surface area contributed by atoms with E-state index >= 15 is 0 Å². The fraction of sp³-hybridized carbons (Fsp3) is 0.0714. The van der Waals surface area contributed by atoms with E-state index in [1.807, 2.05) is 24.3 Å². The molecule has 0 amide bonds. The minimum atomic E-state index is 0.233. The number of methoxy groups -OCH3 is 1. The fourth-order valence-corrected chi connectivity index (χ4v) is 2.09. The molecule has 0 saturated carbocycles. The summed E-state index contributed by atoms with van der Waals surface area (Å²) < 4.78 is 5.20. The maximum absolute atomic E-state index is 10.1. The zero-order valence-corrected chi connectivity index (χ0v) is 9.84. The summed E-state index contributed by atoms with van der Waals surface area (Å²) in [4.78, 5) is 0. The molecule has 0 saturated heterocycles. The van der Waals surface area contributed by atoms with Gasteiger partial charge < -0.3 is 9.84 Å². The summed E-state index contributed by atoms with van der Waals surface area (Å²) in [5.41, 5.74) is 2.56. The number of aromatic hydroxyl groups is 1. The highest BCUT2D eigenvalue weighted by Gasteiger charge is 2.11. The van der Waals surface area contributed by atoms with E-state index in [1.165, 1.54) is 0 Å². The summed E-state index contributed by atoms with van der Waals surface area (Å²) in [5.74, 6) is 0.990. The van der Waals surface area contributed by atoms with Crippen molar-refractivity contribution in [2.75, 3.05) is 7.11 Å². The smallest absolute Gasteiger partial charge is 0.124 e. The number of rotatable bonds is 2. The molecule has 0 spiro atoms. The van der Waals surface area contributed by atoms with Crippen LogP contribution in [0, 0.1) is 0 Å². The molecule has 0 aliphatic rings. The topological polar surface area (TPSA) is 58.1 Å². The molecule has 18 heavy (non-hydrogen) atoms. The van der Waals surface area contributed by atoms with E-state index in [0.29, 0.717) is 0 Å². The van der Waals surface area contributed by atoms with Gasteiger partial charge in [0, 0.05) is 10.9 Å². The zero-order chi connectivity index (χ0) is 12.5. The summed E-state index contributed by atoms with van der Waals surface area (Å²) in [7, 11) is 1.62. The van der Waals surface area contributed by atoms with Crippen molar-refractivity contribution in [2.24, 2.45) is 0 Å². The molecule has 3 rings (SSSR count). The van der Waals surface area contributed by atoms with E-state index in [-0.39, 0.29) is 5.75 Å². The Balaban J connectivity index is 2.29. The highest BCUT2D eigenvalue weighted by atomic mass is 16.5. The number of phenols is 1. The second-order valence-electron chi connectivity index (χ2n) is 4.02. The lowest BCUT2D eigenvalue weighted by molar-refractivity contribution is 0.415. The third kappa shape index (κ3) is 1.59. The van der Waals surface area contributed by atoms with Crippen LogP contribution in [0.2, 0.25) is 0 Å². The van der Waals surface area contributed by atoms with Crippen molar-refractivity contribution in [3.63, 3.8) is 0 Å². The average Bonchev–Trinajstić information content (AvgIpc) is 2.87. The summed E-state index contributed by atoms with van der Waals surface area (Å²) in [6, 6.07) is 11.1. The molecule has 0 radical (unpaired) electrons. The molecule has 0 aliphatic carbocycles. The van der Waals surface area contributed by atoms with Gasteiger partial charge in [-0.25, -0.2) is 0 Å². The van der Waals surface area contributed by atoms with Crippen LogP contribution in [-0.4, -0.2) is 22.4 Å². The Morgan fingerprint density at radius 2 is 2.11 bits per heavy atom. The molecular formula is C14H12N2O2. The van der Waals surface area contributed by atoms with E-state index in [9.17, 15) is 5.11 Å². The van der Waals surface area contributed by atoms with Crippen molar-refractivity contribution in [1.29, 1.82) is 0 Å². The Morgan fingerprint density at radius 1 is 1.22 bits per heavy atom. The van der Waals surface area contributed by atoms with E-state index in [1.54, 1.807) is 25.4 Å². The molecule has 3 aromatic rings. The molecule has 0 bridgehead atoms. The zero-order valence-electron chi connectivity index (χ0n) is 9.84. The van der Waals surface area contributed by atoms with Gasteiger partial charge in [-0.1, -0.05) is 12.1 Å². The van der Waals surface area contributed by atoms with Crippen LogP contribution in [-0.2, 0) is 0 Å². The van der Waals surface area contributed by atoms with Crippen molar-refractivity contribution in [3.05, 3.63) is 42.6 Å². The van der Waals surface area contributed by atoms with Crippen LogP contribution in [0.4, 0.5) is 0 Å². The number of nitrogens with zero attached hydrogens (tertiary/aromatic N) is 1. The number of H-pyrrole nitrogens is 1. The van der Waals surface area contributed by atoms with Gasteiger partial charge in [0.05, 0.1) is 18.8 Å². The fourth-order valence-electron chi connectivity index (χ4n) is 2.09. The van der Waals surface area contributed by atoms with Crippen molar-refractivity contribution >= 4 is 10.9 Å². The number of nitrogens with one attached hydrogen (secondary N) is 1. The van der Waals surface area contributed by atoms with Gasteiger partial charge in [0.2, 0.25) is 0 Å². The molecule has 2 N–H and O–H groups in total. The van der Waals surface area contributed by atoms with Crippen LogP contribution < -0.4 is 4.74 Å². The number of hydrogen-bond donors (Lipinski definition) is 2. The van der Waals surface area contributed by atoms with Gasteiger partial charge in [0.25, 0.3) is 0 Å². The van der Waals surface area contributed by atoms with Crippen LogP contribution in [0.25, 0.3) is 22.0 Å². The molecule has 1 heterocycles. The molecule has 0 fully saturated rings. The van der Waals surface area contributed by atoms with Gasteiger partial charge >= 0.3 is 0 Å². The third-order valence-corrected chi connectivity index (χ3v) is 2.96. The van der Waals surface area contributed by atoms with Gasteiger partial charge in [0.15, 0.2) is 0 Å². The summed E-state index contributed by atoms with van der Waals surface area (Å²) in [6.45, 7) is 0. The van der Waals surface area contributed by atoms with Gasteiger partial charge in [-0.3, -0.25) is 5.10 Å². The van der Waals surface area contributed by atoms with Crippen molar-refractivity contribution in [3.8, 4) is 22.6 Å². The van der Waals surface area contributed by atoms with Crippen LogP contribution in [0.1, 0.15) is 0 Å². The van der Waals surface area contributed by atoms with E-state index in [2.05, 4.69) is 10.2 Å². The predicted octanol–water partition coefficient (Wildman–Crippen LogP) is 2.94. The van der Waals surface area contributed by atoms with Gasteiger partial charge in [0.1, 0.15) is 11.5 Å². The largest absolute Gasteiger partial charge is 0.507 e. The van der Waals surface area contributed by atoms with Crippen molar-refractivity contribution in [1.82, 2.24) is 10.2 Å².